The van der Waals surface area contributed by atoms with E-state index >= 15 is 0 Å². The summed E-state index contributed by atoms with van der Waals surface area (Å²) in [4.78, 5) is 28.5. The van der Waals surface area contributed by atoms with Crippen molar-refractivity contribution in [3.05, 3.63) is 101 Å². The Labute approximate surface area is 201 Å². The lowest BCUT2D eigenvalue weighted by Crippen LogP contribution is -2.31. The first-order chi connectivity index (χ1) is 16.9. The molecular weight excluding hydrogens is 446 g/mol. The molecule has 0 spiro atoms. The lowest BCUT2D eigenvalue weighted by atomic mass is 9.94. The number of para-hydroxylation sites is 1. The van der Waals surface area contributed by atoms with Crippen LogP contribution < -0.4 is 14.4 Å². The van der Waals surface area contributed by atoms with Crippen LogP contribution >= 0.6 is 0 Å². The number of amides is 1. The number of anilines is 1. The number of rotatable bonds is 6. The van der Waals surface area contributed by atoms with Crippen LogP contribution in [0.25, 0.3) is 11.0 Å². The summed E-state index contributed by atoms with van der Waals surface area (Å²) in [7, 11) is 3.07. The average Bonchev–Trinajstić information content (AvgIpc) is 3.43. The standard InChI is InChI=1S/C28H23NO6/c1-16-7-11-19(12-8-16)29-24(17-9-13-20(33-2)14-10-17)23(26(31)28(29)32)25(30)22-15-18-5-4-6-21(34-3)27(18)35-22/h4-15,24,31H,1-3H3. The van der Waals surface area contributed by atoms with E-state index in [-0.39, 0.29) is 11.3 Å². The van der Waals surface area contributed by atoms with Gasteiger partial charge in [0.1, 0.15) is 5.75 Å². The van der Waals surface area contributed by atoms with Gasteiger partial charge in [0.2, 0.25) is 5.78 Å². The number of aliphatic hydroxyl groups is 1. The van der Waals surface area contributed by atoms with Crippen LogP contribution in [-0.2, 0) is 4.79 Å². The number of hydrogen-bond donors (Lipinski definition) is 1. The molecule has 1 N–H and O–H groups in total. The highest BCUT2D eigenvalue weighted by Crippen LogP contribution is 2.43. The second-order valence-electron chi connectivity index (χ2n) is 8.27. The van der Waals surface area contributed by atoms with E-state index in [0.717, 1.165) is 5.56 Å². The van der Waals surface area contributed by atoms with Gasteiger partial charge in [0.25, 0.3) is 5.91 Å². The third kappa shape index (κ3) is 3.71. The lowest BCUT2D eigenvalue weighted by molar-refractivity contribution is -0.117. The molecule has 1 aromatic heterocycles. The summed E-state index contributed by atoms with van der Waals surface area (Å²) in [6.07, 6.45) is 0. The van der Waals surface area contributed by atoms with Crippen molar-refractivity contribution in [3.8, 4) is 11.5 Å². The largest absolute Gasteiger partial charge is 0.503 e. The molecule has 4 aromatic rings. The molecule has 0 bridgehead atoms. The maximum atomic E-state index is 13.8. The molecule has 5 rings (SSSR count). The molecule has 1 atom stereocenters. The molecule has 0 saturated heterocycles. The van der Waals surface area contributed by atoms with Crippen LogP contribution in [-0.4, -0.2) is 31.0 Å². The van der Waals surface area contributed by atoms with Crippen LogP contribution in [0.5, 0.6) is 11.5 Å². The molecule has 0 aliphatic carbocycles. The first kappa shape index (κ1) is 22.3. The molecule has 0 saturated carbocycles. The number of ether oxygens (including phenoxy) is 2. The van der Waals surface area contributed by atoms with Gasteiger partial charge < -0.3 is 19.0 Å². The van der Waals surface area contributed by atoms with Crippen molar-refractivity contribution in [1.82, 2.24) is 0 Å². The Balaban J connectivity index is 1.65. The van der Waals surface area contributed by atoms with Gasteiger partial charge in [0.15, 0.2) is 22.9 Å². The fourth-order valence-electron chi connectivity index (χ4n) is 4.35. The molecule has 0 radical (unpaired) electrons. The van der Waals surface area contributed by atoms with E-state index in [9.17, 15) is 14.7 Å². The molecule has 35 heavy (non-hydrogen) atoms. The smallest absolute Gasteiger partial charge is 0.294 e. The number of methoxy groups -OCH3 is 2. The van der Waals surface area contributed by atoms with Gasteiger partial charge in [-0.1, -0.05) is 42.0 Å². The summed E-state index contributed by atoms with van der Waals surface area (Å²) in [6, 6.07) is 20.4. The zero-order valence-corrected chi connectivity index (χ0v) is 19.4. The molecule has 176 valence electrons. The predicted molar refractivity (Wildman–Crippen MR) is 131 cm³/mol. The Morgan fingerprint density at radius 3 is 2.34 bits per heavy atom. The molecule has 1 amide bonds. The number of nitrogens with zero attached hydrogens (tertiary/aromatic N) is 1. The van der Waals surface area contributed by atoms with E-state index in [1.807, 2.05) is 19.1 Å². The molecule has 1 unspecified atom stereocenters. The highest BCUT2D eigenvalue weighted by molar-refractivity contribution is 6.20. The molecule has 7 nitrogen and oxygen atoms in total. The van der Waals surface area contributed by atoms with Gasteiger partial charge in [-0.2, -0.15) is 0 Å². The first-order valence-electron chi connectivity index (χ1n) is 11.0. The molecule has 1 aliphatic rings. The molecular formula is C28H23NO6. The van der Waals surface area contributed by atoms with Crippen LogP contribution in [0, 0.1) is 6.92 Å². The number of carbonyl (C=O) groups excluding carboxylic acids is 2. The Hall–Kier alpha value is -4.52. The summed E-state index contributed by atoms with van der Waals surface area (Å²) in [5, 5.41) is 11.6. The molecule has 2 heterocycles. The second-order valence-corrected chi connectivity index (χ2v) is 8.27. The van der Waals surface area contributed by atoms with Crippen molar-refractivity contribution in [1.29, 1.82) is 0 Å². The topological polar surface area (TPSA) is 89.2 Å². The number of ketones is 1. The van der Waals surface area contributed by atoms with Crippen molar-refractivity contribution in [3.63, 3.8) is 0 Å². The van der Waals surface area contributed by atoms with Crippen LogP contribution in [0.1, 0.15) is 27.7 Å². The number of furan rings is 1. The van der Waals surface area contributed by atoms with Crippen LogP contribution in [0.4, 0.5) is 5.69 Å². The van der Waals surface area contributed by atoms with E-state index in [1.165, 1.54) is 12.0 Å². The van der Waals surface area contributed by atoms with E-state index in [4.69, 9.17) is 13.9 Å². The Bertz CT molecular complexity index is 1460. The molecule has 7 heteroatoms. The van der Waals surface area contributed by atoms with Crippen molar-refractivity contribution >= 4 is 28.3 Å². The molecule has 3 aromatic carbocycles. The maximum absolute atomic E-state index is 13.8. The Kier molecular flexibility index (Phi) is 5.53. The fraction of sp³-hybridized carbons (Fsp3) is 0.143. The van der Waals surface area contributed by atoms with Crippen molar-refractivity contribution in [2.24, 2.45) is 0 Å². The SMILES string of the molecule is COc1ccc(C2C(C(=O)c3cc4cccc(OC)c4o3)=C(O)C(=O)N2c2ccc(C)cc2)cc1. The van der Waals surface area contributed by atoms with Gasteiger partial charge in [-0.3, -0.25) is 14.5 Å². The zero-order chi connectivity index (χ0) is 24.7. The highest BCUT2D eigenvalue weighted by atomic mass is 16.5. The number of benzene rings is 3. The van der Waals surface area contributed by atoms with E-state index < -0.39 is 23.5 Å². The van der Waals surface area contributed by atoms with Gasteiger partial charge >= 0.3 is 0 Å². The van der Waals surface area contributed by atoms with Gasteiger partial charge in [-0.25, -0.2) is 0 Å². The van der Waals surface area contributed by atoms with Gasteiger partial charge in [-0.05, 0) is 48.9 Å². The summed E-state index contributed by atoms with van der Waals surface area (Å²) < 4.78 is 16.5. The number of Topliss-reactive ketones (excluding diaryl/α,β-unsaturated/α-hetero) is 1. The third-order valence-electron chi connectivity index (χ3n) is 6.15. The second kappa shape index (κ2) is 8.68. The minimum Gasteiger partial charge on any atom is -0.503 e. The number of aliphatic hydroxyl groups excluding tert-OH is 1. The lowest BCUT2D eigenvalue weighted by Gasteiger charge is -2.27. The predicted octanol–water partition coefficient (Wildman–Crippen LogP) is 5.54. The van der Waals surface area contributed by atoms with Crippen molar-refractivity contribution < 1.29 is 28.6 Å². The Morgan fingerprint density at radius 1 is 0.971 bits per heavy atom. The number of hydrogen-bond acceptors (Lipinski definition) is 6. The fourth-order valence-corrected chi connectivity index (χ4v) is 4.35. The van der Waals surface area contributed by atoms with E-state index in [0.29, 0.717) is 33.7 Å². The number of carbonyl (C=O) groups is 2. The summed E-state index contributed by atoms with van der Waals surface area (Å²) in [6.45, 7) is 1.94. The third-order valence-corrected chi connectivity index (χ3v) is 6.15. The quantitative estimate of drug-likeness (QED) is 0.373. The van der Waals surface area contributed by atoms with E-state index in [1.54, 1.807) is 67.8 Å². The normalized spacial score (nSPS) is 15.7. The van der Waals surface area contributed by atoms with Gasteiger partial charge in [0.05, 0.1) is 25.8 Å². The first-order valence-corrected chi connectivity index (χ1v) is 11.0. The molecule has 0 fully saturated rings. The minimum absolute atomic E-state index is 0.00289. The minimum atomic E-state index is -0.862. The van der Waals surface area contributed by atoms with Crippen molar-refractivity contribution in [2.45, 2.75) is 13.0 Å². The maximum Gasteiger partial charge on any atom is 0.294 e. The monoisotopic (exact) mass is 469 g/mol. The van der Waals surface area contributed by atoms with E-state index in [2.05, 4.69) is 0 Å². The van der Waals surface area contributed by atoms with Crippen LogP contribution in [0.15, 0.2) is 88.5 Å². The van der Waals surface area contributed by atoms with Crippen molar-refractivity contribution in [2.75, 3.05) is 19.1 Å². The number of aryl methyl sites for hydroxylation is 1. The van der Waals surface area contributed by atoms with Gasteiger partial charge in [-0.15, -0.1) is 0 Å². The van der Waals surface area contributed by atoms with Crippen LogP contribution in [0.3, 0.4) is 0 Å². The highest BCUT2D eigenvalue weighted by Gasteiger charge is 2.45. The Morgan fingerprint density at radius 2 is 1.69 bits per heavy atom. The average molecular weight is 469 g/mol. The zero-order valence-electron chi connectivity index (χ0n) is 19.4. The van der Waals surface area contributed by atoms with Crippen LogP contribution in [0.2, 0.25) is 0 Å². The number of fused-ring (bicyclic) bond motifs is 1. The molecule has 1 aliphatic heterocycles. The summed E-state index contributed by atoms with van der Waals surface area (Å²) in [5.41, 5.74) is 2.58. The summed E-state index contributed by atoms with van der Waals surface area (Å²) >= 11 is 0. The summed E-state index contributed by atoms with van der Waals surface area (Å²) in [5.74, 6) is -0.733. The van der Waals surface area contributed by atoms with Gasteiger partial charge in [0, 0.05) is 11.1 Å².